The van der Waals surface area contributed by atoms with Gasteiger partial charge >= 0.3 is 0 Å². The molecule has 1 saturated carbocycles. The zero-order chi connectivity index (χ0) is 23.0. The Morgan fingerprint density at radius 3 is 2.55 bits per heavy atom. The minimum absolute atomic E-state index is 0.0262. The molecule has 0 spiro atoms. The molecule has 1 aliphatic rings. The lowest BCUT2D eigenvalue weighted by molar-refractivity contribution is 0.0933. The lowest BCUT2D eigenvalue weighted by atomic mass is 9.89. The number of halogens is 1. The van der Waals surface area contributed by atoms with E-state index in [9.17, 15) is 14.0 Å². The Morgan fingerprint density at radius 2 is 1.79 bits per heavy atom. The summed E-state index contributed by atoms with van der Waals surface area (Å²) >= 11 is 0. The summed E-state index contributed by atoms with van der Waals surface area (Å²) in [5, 5.41) is 9.41. The highest BCUT2D eigenvalue weighted by molar-refractivity contribution is 6.04. The van der Waals surface area contributed by atoms with Crippen LogP contribution >= 0.6 is 0 Å². The molecule has 1 aliphatic carbocycles. The summed E-state index contributed by atoms with van der Waals surface area (Å²) in [5.74, 6) is 0.150. The average molecular weight is 451 g/mol. The van der Waals surface area contributed by atoms with Gasteiger partial charge in [0.05, 0.1) is 5.56 Å². The first-order valence-electron chi connectivity index (χ1n) is 11.1. The largest absolute Gasteiger partial charge is 0.486 e. The van der Waals surface area contributed by atoms with Crippen LogP contribution in [0.4, 0.5) is 10.1 Å². The molecule has 172 valence electrons. The van der Waals surface area contributed by atoms with E-state index in [4.69, 9.17) is 9.26 Å². The standard InChI is InChI=1S/C25H26FN3O4/c26-22-9-5-4-8-21(22)24(30)28-18-10-12-19(13-11-18)32-16-20-14-23(29-33-20)25(31)27-15-17-6-2-1-3-7-17/h4-5,8-14,17H,1-3,6-7,15-16H2,(H,27,31)(H,28,30). The zero-order valence-electron chi connectivity index (χ0n) is 18.2. The predicted octanol–water partition coefficient (Wildman–Crippen LogP) is 4.96. The molecule has 1 heterocycles. The molecule has 0 saturated heterocycles. The van der Waals surface area contributed by atoms with E-state index in [-0.39, 0.29) is 23.8 Å². The molecule has 3 aromatic rings. The molecule has 0 radical (unpaired) electrons. The molecule has 4 rings (SSSR count). The van der Waals surface area contributed by atoms with Gasteiger partial charge in [-0.3, -0.25) is 9.59 Å². The van der Waals surface area contributed by atoms with Gasteiger partial charge in [0.2, 0.25) is 0 Å². The number of aromatic nitrogens is 1. The Labute approximate surface area is 191 Å². The monoisotopic (exact) mass is 451 g/mol. The van der Waals surface area contributed by atoms with Crippen LogP contribution in [0.5, 0.6) is 5.75 Å². The smallest absolute Gasteiger partial charge is 0.273 e. The van der Waals surface area contributed by atoms with Crippen LogP contribution < -0.4 is 15.4 Å². The van der Waals surface area contributed by atoms with E-state index in [1.807, 2.05) is 0 Å². The Hall–Kier alpha value is -3.68. The maximum absolute atomic E-state index is 13.7. The molecule has 0 bridgehead atoms. The van der Waals surface area contributed by atoms with Crippen LogP contribution in [0.15, 0.2) is 59.1 Å². The summed E-state index contributed by atoms with van der Waals surface area (Å²) in [5.41, 5.74) is 0.713. The van der Waals surface area contributed by atoms with Crippen LogP contribution in [0.25, 0.3) is 0 Å². The van der Waals surface area contributed by atoms with Gasteiger partial charge in [-0.25, -0.2) is 4.39 Å². The molecular weight excluding hydrogens is 425 g/mol. The quantitative estimate of drug-likeness (QED) is 0.505. The summed E-state index contributed by atoms with van der Waals surface area (Å²) < 4.78 is 24.6. The van der Waals surface area contributed by atoms with Gasteiger partial charge in [-0.2, -0.15) is 0 Å². The second kappa shape index (κ2) is 10.8. The van der Waals surface area contributed by atoms with Gasteiger partial charge in [-0.15, -0.1) is 0 Å². The normalized spacial score (nSPS) is 14.0. The highest BCUT2D eigenvalue weighted by Crippen LogP contribution is 2.23. The number of benzene rings is 2. The van der Waals surface area contributed by atoms with Crippen molar-refractivity contribution in [2.75, 3.05) is 11.9 Å². The van der Waals surface area contributed by atoms with Crippen LogP contribution in [-0.2, 0) is 6.61 Å². The molecule has 8 heteroatoms. The summed E-state index contributed by atoms with van der Waals surface area (Å²) in [6.45, 7) is 0.765. The molecule has 2 aromatic carbocycles. The van der Waals surface area contributed by atoms with Gasteiger partial charge in [-0.05, 0) is 55.2 Å². The Morgan fingerprint density at radius 1 is 1.03 bits per heavy atom. The van der Waals surface area contributed by atoms with Gasteiger partial charge in [0.1, 0.15) is 18.2 Å². The molecule has 1 fully saturated rings. The number of carbonyl (C=O) groups is 2. The topological polar surface area (TPSA) is 93.5 Å². The number of hydrogen-bond donors (Lipinski definition) is 2. The van der Waals surface area contributed by atoms with Crippen molar-refractivity contribution in [2.24, 2.45) is 5.92 Å². The number of rotatable bonds is 8. The van der Waals surface area contributed by atoms with Crippen LogP contribution in [0.2, 0.25) is 0 Å². The second-order valence-electron chi connectivity index (χ2n) is 8.14. The molecule has 1 aromatic heterocycles. The molecule has 2 amide bonds. The Bertz CT molecular complexity index is 1090. The van der Waals surface area contributed by atoms with Crippen LogP contribution in [-0.4, -0.2) is 23.5 Å². The van der Waals surface area contributed by atoms with Crippen LogP contribution in [0.3, 0.4) is 0 Å². The Balaban J connectivity index is 1.25. The third-order valence-electron chi connectivity index (χ3n) is 5.68. The number of nitrogens with one attached hydrogen (secondary N) is 2. The Kier molecular flexibility index (Phi) is 7.34. The van der Waals surface area contributed by atoms with Crippen molar-refractivity contribution in [1.82, 2.24) is 10.5 Å². The molecule has 0 atom stereocenters. The number of ether oxygens (including phenoxy) is 1. The fraction of sp³-hybridized carbons (Fsp3) is 0.320. The number of carbonyl (C=O) groups excluding carboxylic acids is 2. The third kappa shape index (κ3) is 6.19. The predicted molar refractivity (Wildman–Crippen MR) is 121 cm³/mol. The number of anilines is 1. The lowest BCUT2D eigenvalue weighted by Gasteiger charge is -2.21. The van der Waals surface area contributed by atoms with E-state index in [2.05, 4.69) is 15.8 Å². The van der Waals surface area contributed by atoms with Crippen molar-refractivity contribution in [3.63, 3.8) is 0 Å². The van der Waals surface area contributed by atoms with Crippen LogP contribution in [0, 0.1) is 11.7 Å². The molecule has 0 unspecified atom stereocenters. The number of hydrogen-bond acceptors (Lipinski definition) is 5. The van der Waals surface area contributed by atoms with Crippen molar-refractivity contribution in [1.29, 1.82) is 0 Å². The van der Waals surface area contributed by atoms with E-state index in [0.29, 0.717) is 29.7 Å². The molecule has 7 nitrogen and oxygen atoms in total. The second-order valence-corrected chi connectivity index (χ2v) is 8.14. The van der Waals surface area contributed by atoms with Gasteiger partial charge < -0.3 is 19.9 Å². The molecular formula is C25H26FN3O4. The zero-order valence-corrected chi connectivity index (χ0v) is 18.2. The number of nitrogens with zero attached hydrogens (tertiary/aromatic N) is 1. The highest BCUT2D eigenvalue weighted by atomic mass is 19.1. The third-order valence-corrected chi connectivity index (χ3v) is 5.68. The molecule has 2 N–H and O–H groups in total. The number of amides is 2. The van der Waals surface area contributed by atoms with E-state index < -0.39 is 11.7 Å². The lowest BCUT2D eigenvalue weighted by Crippen LogP contribution is -2.30. The van der Waals surface area contributed by atoms with Gasteiger partial charge in [-0.1, -0.05) is 36.6 Å². The van der Waals surface area contributed by atoms with Crippen molar-refractivity contribution in [3.05, 3.63) is 77.4 Å². The average Bonchev–Trinajstić information content (AvgIpc) is 3.32. The SMILES string of the molecule is O=C(NCC1CCCCC1)c1cc(COc2ccc(NC(=O)c3ccccc3F)cc2)on1. The van der Waals surface area contributed by atoms with E-state index in [1.165, 1.54) is 37.5 Å². The fourth-order valence-electron chi connectivity index (χ4n) is 3.84. The van der Waals surface area contributed by atoms with Crippen molar-refractivity contribution in [3.8, 4) is 5.75 Å². The summed E-state index contributed by atoms with van der Waals surface area (Å²) in [7, 11) is 0. The van der Waals surface area contributed by atoms with Crippen molar-refractivity contribution in [2.45, 2.75) is 38.7 Å². The van der Waals surface area contributed by atoms with Crippen molar-refractivity contribution < 1.29 is 23.2 Å². The van der Waals surface area contributed by atoms with Crippen molar-refractivity contribution >= 4 is 17.5 Å². The van der Waals surface area contributed by atoms with Gasteiger partial charge in [0.15, 0.2) is 11.5 Å². The van der Waals surface area contributed by atoms with Gasteiger partial charge in [0, 0.05) is 18.3 Å². The van der Waals surface area contributed by atoms with E-state index >= 15 is 0 Å². The maximum atomic E-state index is 13.7. The fourth-order valence-corrected chi connectivity index (χ4v) is 3.84. The van der Waals surface area contributed by atoms with E-state index in [1.54, 1.807) is 36.4 Å². The van der Waals surface area contributed by atoms with Crippen LogP contribution in [0.1, 0.15) is 58.7 Å². The first-order chi connectivity index (χ1) is 16.1. The molecule has 33 heavy (non-hydrogen) atoms. The summed E-state index contributed by atoms with van der Waals surface area (Å²) in [6, 6.07) is 14.0. The van der Waals surface area contributed by atoms with E-state index in [0.717, 1.165) is 12.8 Å². The maximum Gasteiger partial charge on any atom is 0.273 e. The minimum atomic E-state index is -0.580. The summed E-state index contributed by atoms with van der Waals surface area (Å²) in [4.78, 5) is 24.5. The first kappa shape index (κ1) is 22.5. The highest BCUT2D eigenvalue weighted by Gasteiger charge is 2.17. The minimum Gasteiger partial charge on any atom is -0.486 e. The molecule has 0 aliphatic heterocycles. The first-order valence-corrected chi connectivity index (χ1v) is 11.1. The van der Waals surface area contributed by atoms with Gasteiger partial charge in [0.25, 0.3) is 11.8 Å². The summed E-state index contributed by atoms with van der Waals surface area (Å²) in [6.07, 6.45) is 6.05.